The van der Waals surface area contributed by atoms with Gasteiger partial charge in [0, 0.05) is 3.57 Å². The lowest BCUT2D eigenvalue weighted by atomic mass is 10.3. The fraction of sp³-hybridized carbons (Fsp3) is 0. The van der Waals surface area contributed by atoms with Crippen LogP contribution in [0.4, 0.5) is 11.4 Å². The van der Waals surface area contributed by atoms with Gasteiger partial charge in [-0.2, -0.15) is 0 Å². The van der Waals surface area contributed by atoms with E-state index in [9.17, 15) is 8.42 Å². The molecule has 106 valence electrons. The molecule has 0 unspecified atom stereocenters. The van der Waals surface area contributed by atoms with Crippen molar-refractivity contribution in [3.63, 3.8) is 0 Å². The highest BCUT2D eigenvalue weighted by atomic mass is 127. The van der Waals surface area contributed by atoms with Crippen molar-refractivity contribution >= 4 is 67.2 Å². The molecule has 2 rings (SSSR count). The van der Waals surface area contributed by atoms with Gasteiger partial charge in [-0.05, 0) is 59.0 Å². The fourth-order valence-corrected chi connectivity index (χ4v) is 3.66. The molecule has 0 aromatic heterocycles. The van der Waals surface area contributed by atoms with Crippen molar-refractivity contribution in [2.24, 2.45) is 0 Å². The zero-order valence-electron chi connectivity index (χ0n) is 9.90. The van der Waals surface area contributed by atoms with Gasteiger partial charge >= 0.3 is 0 Å². The molecule has 0 amide bonds. The van der Waals surface area contributed by atoms with Crippen LogP contribution in [-0.4, -0.2) is 8.42 Å². The van der Waals surface area contributed by atoms with Crippen molar-refractivity contribution in [3.05, 3.63) is 50.0 Å². The summed E-state index contributed by atoms with van der Waals surface area (Å²) in [6, 6.07) is 9.12. The van der Waals surface area contributed by atoms with Crippen LogP contribution >= 0.6 is 45.8 Å². The minimum Gasteiger partial charge on any atom is -0.397 e. The van der Waals surface area contributed by atoms with E-state index in [4.69, 9.17) is 28.9 Å². The predicted octanol–water partition coefficient (Wildman–Crippen LogP) is 3.98. The molecule has 0 bridgehead atoms. The van der Waals surface area contributed by atoms with E-state index in [2.05, 4.69) is 27.3 Å². The Morgan fingerprint density at radius 3 is 2.35 bits per heavy atom. The summed E-state index contributed by atoms with van der Waals surface area (Å²) in [5.41, 5.74) is 6.11. The monoisotopic (exact) mass is 442 g/mol. The Morgan fingerprint density at radius 1 is 1.05 bits per heavy atom. The number of hydrogen-bond donors (Lipinski definition) is 2. The summed E-state index contributed by atoms with van der Waals surface area (Å²) in [4.78, 5) is 0.0222. The van der Waals surface area contributed by atoms with Crippen LogP contribution in [0.1, 0.15) is 0 Å². The summed E-state index contributed by atoms with van der Waals surface area (Å²) in [6.45, 7) is 0. The number of nitrogen functional groups attached to an aromatic ring is 1. The first-order valence-electron chi connectivity index (χ1n) is 5.32. The molecule has 8 heteroatoms. The minimum atomic E-state index is -3.76. The molecule has 0 spiro atoms. The number of rotatable bonds is 3. The molecule has 0 atom stereocenters. The maximum atomic E-state index is 12.2. The van der Waals surface area contributed by atoms with Gasteiger partial charge in [0.15, 0.2) is 0 Å². The minimum absolute atomic E-state index is 0.0222. The van der Waals surface area contributed by atoms with Crippen LogP contribution < -0.4 is 10.5 Å². The van der Waals surface area contributed by atoms with E-state index in [1.165, 1.54) is 18.2 Å². The van der Waals surface area contributed by atoms with Gasteiger partial charge in [-0.3, -0.25) is 4.72 Å². The normalized spacial score (nSPS) is 11.3. The molecular weight excluding hydrogens is 434 g/mol. The lowest BCUT2D eigenvalue weighted by Gasteiger charge is -2.10. The Morgan fingerprint density at radius 2 is 1.75 bits per heavy atom. The van der Waals surface area contributed by atoms with Gasteiger partial charge in [-0.15, -0.1) is 0 Å². The van der Waals surface area contributed by atoms with Crippen molar-refractivity contribution in [1.29, 1.82) is 0 Å². The topological polar surface area (TPSA) is 72.2 Å². The van der Waals surface area contributed by atoms with E-state index >= 15 is 0 Å². The Labute approximate surface area is 140 Å². The molecule has 20 heavy (non-hydrogen) atoms. The molecule has 2 aromatic rings. The number of nitrogens with two attached hydrogens (primary N) is 1. The van der Waals surface area contributed by atoms with Crippen molar-refractivity contribution in [2.45, 2.75) is 4.90 Å². The standard InChI is InChI=1S/C12H9Cl2IN2O2S/c13-9-3-2-8(6-11(9)16)20(18,19)17-12-4-1-7(15)5-10(12)14/h1-6,17H,16H2. The smallest absolute Gasteiger partial charge is 0.262 e. The summed E-state index contributed by atoms with van der Waals surface area (Å²) in [6.07, 6.45) is 0. The zero-order valence-corrected chi connectivity index (χ0v) is 14.4. The molecule has 0 saturated heterocycles. The molecule has 0 aliphatic heterocycles. The summed E-state index contributed by atoms with van der Waals surface area (Å²) in [5.74, 6) is 0. The summed E-state index contributed by atoms with van der Waals surface area (Å²) >= 11 is 13.9. The molecule has 0 saturated carbocycles. The summed E-state index contributed by atoms with van der Waals surface area (Å²) in [5, 5.41) is 0.624. The third-order valence-corrected chi connectivity index (χ3v) is 5.14. The molecule has 3 N–H and O–H groups in total. The van der Waals surface area contributed by atoms with Gasteiger partial charge in [0.2, 0.25) is 0 Å². The largest absolute Gasteiger partial charge is 0.397 e. The average molecular weight is 443 g/mol. The van der Waals surface area contributed by atoms with Gasteiger partial charge in [-0.25, -0.2) is 8.42 Å². The highest BCUT2D eigenvalue weighted by Gasteiger charge is 2.16. The van der Waals surface area contributed by atoms with Gasteiger partial charge in [0.25, 0.3) is 10.0 Å². The molecule has 0 radical (unpaired) electrons. The number of sulfonamides is 1. The van der Waals surface area contributed by atoms with Crippen molar-refractivity contribution in [3.8, 4) is 0 Å². The first kappa shape index (κ1) is 15.7. The molecule has 4 nitrogen and oxygen atoms in total. The number of hydrogen-bond acceptors (Lipinski definition) is 3. The molecule has 0 aliphatic carbocycles. The fourth-order valence-electron chi connectivity index (χ4n) is 1.46. The van der Waals surface area contributed by atoms with Crippen LogP contribution in [0.3, 0.4) is 0 Å². The Kier molecular flexibility index (Phi) is 4.68. The van der Waals surface area contributed by atoms with E-state index in [1.807, 2.05) is 0 Å². The second kappa shape index (κ2) is 5.97. The Hall–Kier alpha value is -0.700. The SMILES string of the molecule is Nc1cc(S(=O)(=O)Nc2ccc(I)cc2Cl)ccc1Cl. The second-order valence-corrected chi connectivity index (χ2v) is 7.66. The van der Waals surface area contributed by atoms with Crippen LogP contribution in [0, 0.1) is 3.57 Å². The van der Waals surface area contributed by atoms with Crippen LogP contribution in [0.25, 0.3) is 0 Å². The maximum absolute atomic E-state index is 12.2. The van der Waals surface area contributed by atoms with Crippen LogP contribution in [0.15, 0.2) is 41.3 Å². The van der Waals surface area contributed by atoms with Gasteiger partial charge in [0.1, 0.15) is 0 Å². The van der Waals surface area contributed by atoms with Crippen molar-refractivity contribution in [2.75, 3.05) is 10.5 Å². The van der Waals surface area contributed by atoms with Crippen molar-refractivity contribution in [1.82, 2.24) is 0 Å². The first-order chi connectivity index (χ1) is 9.29. The number of nitrogens with one attached hydrogen (secondary N) is 1. The van der Waals surface area contributed by atoms with Crippen LogP contribution in [0.5, 0.6) is 0 Å². The average Bonchev–Trinajstić information content (AvgIpc) is 2.36. The summed E-state index contributed by atoms with van der Waals surface area (Å²) < 4.78 is 27.8. The molecule has 0 aliphatic rings. The lowest BCUT2D eigenvalue weighted by molar-refractivity contribution is 0.601. The number of halogens is 3. The first-order valence-corrected chi connectivity index (χ1v) is 8.64. The van der Waals surface area contributed by atoms with E-state index in [1.54, 1.807) is 18.2 Å². The zero-order chi connectivity index (χ0) is 14.9. The second-order valence-electron chi connectivity index (χ2n) is 3.91. The van der Waals surface area contributed by atoms with Gasteiger partial charge in [-0.1, -0.05) is 23.2 Å². The van der Waals surface area contributed by atoms with E-state index in [0.717, 1.165) is 3.57 Å². The van der Waals surface area contributed by atoms with Crippen molar-refractivity contribution < 1.29 is 8.42 Å². The maximum Gasteiger partial charge on any atom is 0.262 e. The lowest BCUT2D eigenvalue weighted by Crippen LogP contribution is -2.13. The number of anilines is 2. The van der Waals surface area contributed by atoms with E-state index in [-0.39, 0.29) is 10.6 Å². The highest BCUT2D eigenvalue weighted by Crippen LogP contribution is 2.28. The Bertz CT molecular complexity index is 766. The molecule has 2 aromatic carbocycles. The highest BCUT2D eigenvalue weighted by molar-refractivity contribution is 14.1. The van der Waals surface area contributed by atoms with Crippen LogP contribution in [0.2, 0.25) is 10.0 Å². The molecule has 0 fully saturated rings. The van der Waals surface area contributed by atoms with Gasteiger partial charge < -0.3 is 5.73 Å². The predicted molar refractivity (Wildman–Crippen MR) is 90.8 cm³/mol. The summed E-state index contributed by atoms with van der Waals surface area (Å²) in [7, 11) is -3.76. The third-order valence-electron chi connectivity index (χ3n) is 2.45. The Balaban J connectivity index is 2.38. The van der Waals surface area contributed by atoms with E-state index < -0.39 is 10.0 Å². The number of benzene rings is 2. The molecular formula is C12H9Cl2IN2O2S. The van der Waals surface area contributed by atoms with Gasteiger partial charge in [0.05, 0.1) is 26.3 Å². The quantitative estimate of drug-likeness (QED) is 0.557. The van der Waals surface area contributed by atoms with Crippen LogP contribution in [-0.2, 0) is 10.0 Å². The van der Waals surface area contributed by atoms with E-state index in [0.29, 0.717) is 15.7 Å². The molecule has 0 heterocycles. The third kappa shape index (κ3) is 3.49.